The average molecular weight is 293 g/mol. The van der Waals surface area contributed by atoms with Gasteiger partial charge in [-0.05, 0) is 31.0 Å². The fraction of sp³-hybridized carbons (Fsp3) is 0.562. The molecule has 0 aliphatic carbocycles. The van der Waals surface area contributed by atoms with E-state index in [0.29, 0.717) is 19.0 Å². The molecule has 0 bridgehead atoms. The highest BCUT2D eigenvalue weighted by molar-refractivity contribution is 5.78. The van der Waals surface area contributed by atoms with Crippen LogP contribution in [0.5, 0.6) is 11.5 Å². The van der Waals surface area contributed by atoms with Gasteiger partial charge in [-0.25, -0.2) is 4.79 Å². The normalized spacial score (nSPS) is 16.7. The van der Waals surface area contributed by atoms with Gasteiger partial charge in [0.2, 0.25) is 0 Å². The number of carbonyl (C=O) groups is 1. The molecule has 2 unspecified atom stereocenters. The third-order valence-corrected chi connectivity index (χ3v) is 3.61. The number of carbonyl (C=O) groups excluding carboxylic acids is 1. The van der Waals surface area contributed by atoms with Crippen LogP contribution in [0.1, 0.15) is 38.3 Å². The first-order valence-electron chi connectivity index (χ1n) is 7.39. The fourth-order valence-corrected chi connectivity index (χ4v) is 2.18. The van der Waals surface area contributed by atoms with Crippen molar-refractivity contribution in [1.29, 1.82) is 0 Å². The van der Waals surface area contributed by atoms with Gasteiger partial charge in [-0.1, -0.05) is 13.0 Å². The summed E-state index contributed by atoms with van der Waals surface area (Å²) in [6, 6.07) is 5.30. The minimum absolute atomic E-state index is 0.213. The second-order valence-electron chi connectivity index (χ2n) is 5.19. The zero-order chi connectivity index (χ0) is 15.2. The van der Waals surface area contributed by atoms with Crippen molar-refractivity contribution in [2.24, 2.45) is 0 Å². The molecule has 1 aliphatic heterocycles. The van der Waals surface area contributed by atoms with E-state index in [0.717, 1.165) is 24.2 Å². The molecule has 0 saturated heterocycles. The van der Waals surface area contributed by atoms with Gasteiger partial charge in [0.25, 0.3) is 0 Å². The quantitative estimate of drug-likeness (QED) is 0.845. The smallest absolute Gasteiger partial charge is 0.327 e. The van der Waals surface area contributed by atoms with Gasteiger partial charge in [-0.2, -0.15) is 0 Å². The molecule has 0 spiro atoms. The Labute approximate surface area is 125 Å². The van der Waals surface area contributed by atoms with Crippen molar-refractivity contribution in [3.63, 3.8) is 0 Å². The Morgan fingerprint density at radius 3 is 2.71 bits per heavy atom. The number of ether oxygens (including phenoxy) is 3. The first-order valence-corrected chi connectivity index (χ1v) is 7.39. The van der Waals surface area contributed by atoms with Crippen molar-refractivity contribution >= 4 is 5.97 Å². The van der Waals surface area contributed by atoms with Crippen molar-refractivity contribution in [1.82, 2.24) is 5.32 Å². The van der Waals surface area contributed by atoms with Gasteiger partial charge in [-0.15, -0.1) is 0 Å². The molecule has 2 rings (SSSR count). The van der Waals surface area contributed by atoms with Gasteiger partial charge in [0.15, 0.2) is 11.5 Å². The molecule has 1 heterocycles. The number of hydrogen-bond donors (Lipinski definition) is 1. The molecule has 1 aromatic rings. The summed E-state index contributed by atoms with van der Waals surface area (Å²) in [6.45, 7) is 5.38. The lowest BCUT2D eigenvalue weighted by Gasteiger charge is -2.21. The van der Waals surface area contributed by atoms with E-state index in [-0.39, 0.29) is 12.0 Å². The van der Waals surface area contributed by atoms with Gasteiger partial charge in [-0.3, -0.25) is 5.32 Å². The molecular formula is C16H23NO4. The minimum Gasteiger partial charge on any atom is -0.490 e. The summed E-state index contributed by atoms with van der Waals surface area (Å²) in [5.41, 5.74) is 0.825. The van der Waals surface area contributed by atoms with Crippen molar-refractivity contribution in [3.8, 4) is 11.5 Å². The van der Waals surface area contributed by atoms with Crippen LogP contribution in [-0.2, 0) is 9.53 Å². The van der Waals surface area contributed by atoms with Crippen LogP contribution in [0.3, 0.4) is 0 Å². The van der Waals surface area contributed by atoms with E-state index >= 15 is 0 Å². The molecule has 5 nitrogen and oxygen atoms in total. The highest BCUT2D eigenvalue weighted by Crippen LogP contribution is 2.32. The number of rotatable bonds is 5. The Morgan fingerprint density at radius 2 is 2.05 bits per heavy atom. The largest absolute Gasteiger partial charge is 0.490 e. The number of fused-ring (bicyclic) bond motifs is 1. The van der Waals surface area contributed by atoms with Crippen LogP contribution >= 0.6 is 0 Å². The summed E-state index contributed by atoms with van der Waals surface area (Å²) in [6.07, 6.45) is 1.79. The first-order chi connectivity index (χ1) is 10.2. The van der Waals surface area contributed by atoms with E-state index in [2.05, 4.69) is 12.2 Å². The van der Waals surface area contributed by atoms with E-state index in [4.69, 9.17) is 14.2 Å². The van der Waals surface area contributed by atoms with Gasteiger partial charge in [0, 0.05) is 12.5 Å². The summed E-state index contributed by atoms with van der Waals surface area (Å²) in [4.78, 5) is 12.0. The Morgan fingerprint density at radius 1 is 1.33 bits per heavy atom. The van der Waals surface area contributed by atoms with Crippen LogP contribution in [-0.4, -0.2) is 32.3 Å². The lowest BCUT2D eigenvalue weighted by molar-refractivity contribution is -0.143. The van der Waals surface area contributed by atoms with Gasteiger partial charge < -0.3 is 14.2 Å². The lowest BCUT2D eigenvalue weighted by atomic mass is 10.0. The number of benzene rings is 1. The third kappa shape index (κ3) is 3.88. The van der Waals surface area contributed by atoms with E-state index in [1.54, 1.807) is 0 Å². The van der Waals surface area contributed by atoms with E-state index in [1.165, 1.54) is 7.11 Å². The SMILES string of the molecule is CCC(C)NC(C(=O)OC)c1ccc2c(c1)OCCCO2. The molecule has 1 aromatic carbocycles. The maximum atomic E-state index is 12.0. The Balaban J connectivity index is 2.27. The van der Waals surface area contributed by atoms with Crippen LogP contribution in [0.4, 0.5) is 0 Å². The first kappa shape index (κ1) is 15.6. The summed E-state index contributed by atoms with van der Waals surface area (Å²) in [5, 5.41) is 3.29. The molecular weight excluding hydrogens is 270 g/mol. The second-order valence-corrected chi connectivity index (χ2v) is 5.19. The average Bonchev–Trinajstić information content (AvgIpc) is 2.76. The van der Waals surface area contributed by atoms with Crippen molar-refractivity contribution in [2.45, 2.75) is 38.8 Å². The predicted octanol–water partition coefficient (Wildman–Crippen LogP) is 2.45. The number of hydrogen-bond acceptors (Lipinski definition) is 5. The molecule has 0 fully saturated rings. The van der Waals surface area contributed by atoms with Crippen molar-refractivity contribution in [3.05, 3.63) is 23.8 Å². The molecule has 2 atom stereocenters. The number of methoxy groups -OCH3 is 1. The van der Waals surface area contributed by atoms with Crippen LogP contribution in [0.2, 0.25) is 0 Å². The fourth-order valence-electron chi connectivity index (χ4n) is 2.18. The summed E-state index contributed by atoms with van der Waals surface area (Å²) in [5.74, 6) is 1.11. The summed E-state index contributed by atoms with van der Waals surface area (Å²) < 4.78 is 16.2. The standard InChI is InChI=1S/C16H23NO4/c1-4-11(2)17-15(16(18)19-3)12-6-7-13-14(10-12)21-9-5-8-20-13/h6-7,10-11,15,17H,4-5,8-9H2,1-3H3. The molecule has 116 valence electrons. The van der Waals surface area contributed by atoms with Crippen LogP contribution in [0, 0.1) is 0 Å². The Bertz CT molecular complexity index is 489. The molecule has 0 saturated carbocycles. The molecule has 0 aromatic heterocycles. The molecule has 1 N–H and O–H groups in total. The summed E-state index contributed by atoms with van der Waals surface area (Å²) >= 11 is 0. The van der Waals surface area contributed by atoms with Crippen LogP contribution < -0.4 is 14.8 Å². The van der Waals surface area contributed by atoms with Gasteiger partial charge >= 0.3 is 5.97 Å². The number of esters is 1. The van der Waals surface area contributed by atoms with Gasteiger partial charge in [0.05, 0.1) is 20.3 Å². The molecule has 0 radical (unpaired) electrons. The zero-order valence-corrected chi connectivity index (χ0v) is 12.8. The van der Waals surface area contributed by atoms with Crippen LogP contribution in [0.15, 0.2) is 18.2 Å². The van der Waals surface area contributed by atoms with Crippen molar-refractivity contribution < 1.29 is 19.0 Å². The highest BCUT2D eigenvalue weighted by atomic mass is 16.5. The van der Waals surface area contributed by atoms with E-state index in [9.17, 15) is 4.79 Å². The lowest BCUT2D eigenvalue weighted by Crippen LogP contribution is -2.35. The van der Waals surface area contributed by atoms with Crippen LogP contribution in [0.25, 0.3) is 0 Å². The van der Waals surface area contributed by atoms with Gasteiger partial charge in [0.1, 0.15) is 6.04 Å². The molecule has 0 amide bonds. The molecule has 21 heavy (non-hydrogen) atoms. The van der Waals surface area contributed by atoms with Crippen molar-refractivity contribution in [2.75, 3.05) is 20.3 Å². The monoisotopic (exact) mass is 293 g/mol. The zero-order valence-electron chi connectivity index (χ0n) is 12.8. The molecule has 1 aliphatic rings. The minimum atomic E-state index is -0.498. The third-order valence-electron chi connectivity index (χ3n) is 3.61. The second kappa shape index (κ2) is 7.31. The highest BCUT2D eigenvalue weighted by Gasteiger charge is 2.24. The topological polar surface area (TPSA) is 56.8 Å². The van der Waals surface area contributed by atoms with E-state index in [1.807, 2.05) is 25.1 Å². The maximum Gasteiger partial charge on any atom is 0.327 e. The Kier molecular flexibility index (Phi) is 5.44. The van der Waals surface area contributed by atoms with E-state index < -0.39 is 6.04 Å². The Hall–Kier alpha value is -1.75. The number of nitrogens with one attached hydrogen (secondary N) is 1. The molecule has 5 heteroatoms. The predicted molar refractivity (Wildman–Crippen MR) is 79.7 cm³/mol. The maximum absolute atomic E-state index is 12.0. The summed E-state index contributed by atoms with van der Waals surface area (Å²) in [7, 11) is 1.40.